The van der Waals surface area contributed by atoms with E-state index in [2.05, 4.69) is 31.1 Å². The van der Waals surface area contributed by atoms with Gasteiger partial charge in [-0.05, 0) is 47.7 Å². The highest BCUT2D eigenvalue weighted by Crippen LogP contribution is 2.28. The molecule has 0 aliphatic carbocycles. The Morgan fingerprint density at radius 2 is 1.94 bits per heavy atom. The molecular weight excluding hydrogens is 480 g/mol. The van der Waals surface area contributed by atoms with Crippen LogP contribution in [0.5, 0.6) is 11.6 Å². The maximum atomic E-state index is 13.3. The second-order valence-electron chi connectivity index (χ2n) is 9.68. The Hall–Kier alpha value is -3.97. The lowest BCUT2D eigenvalue weighted by atomic mass is 9.87. The van der Waals surface area contributed by atoms with Crippen LogP contribution in [0.2, 0.25) is 0 Å². The molecule has 1 saturated heterocycles. The van der Waals surface area contributed by atoms with Crippen molar-refractivity contribution in [2.45, 2.75) is 38.6 Å². The number of carbonyl (C=O) groups excluding carboxylic acids is 1. The van der Waals surface area contributed by atoms with Crippen LogP contribution in [0, 0.1) is 11.3 Å². The van der Waals surface area contributed by atoms with Gasteiger partial charge in [-0.3, -0.25) is 14.0 Å². The maximum absolute atomic E-state index is 13.3. The highest BCUT2D eigenvalue weighted by Gasteiger charge is 2.30. The number of sulfone groups is 1. The van der Waals surface area contributed by atoms with Gasteiger partial charge < -0.3 is 10.1 Å². The Morgan fingerprint density at radius 1 is 1.22 bits per heavy atom. The molecule has 186 valence electrons. The monoisotopic (exact) mass is 506 g/mol. The first-order valence-corrected chi connectivity index (χ1v) is 13.2. The lowest BCUT2D eigenvalue weighted by molar-refractivity contribution is -0.117. The molecule has 1 atom stereocenters. The molecule has 1 aromatic carbocycles. The number of hydrogen-bond donors (Lipinski definition) is 1. The Labute approximate surface area is 209 Å². The standard InChI is InChI=1S/C26H26N4O5S/c1-26(2,3)18-7-9-20(10-8-18)35-24-21(25(32)30-12-5-4-6-22(30)29-24)14-17(15-27)23(31)28-19-11-13-36(33,34)16-19/h4-10,12,14,19H,11,13,16H2,1-3H3,(H,28,31)/b17-14+/t19-/m0/s1. The molecule has 36 heavy (non-hydrogen) atoms. The molecule has 9 nitrogen and oxygen atoms in total. The predicted molar refractivity (Wildman–Crippen MR) is 135 cm³/mol. The largest absolute Gasteiger partial charge is 0.438 e. The fourth-order valence-corrected chi connectivity index (χ4v) is 5.56. The smallest absolute Gasteiger partial charge is 0.269 e. The van der Waals surface area contributed by atoms with Gasteiger partial charge in [0.25, 0.3) is 11.5 Å². The van der Waals surface area contributed by atoms with E-state index in [0.717, 1.165) is 11.6 Å². The van der Waals surface area contributed by atoms with Crippen LogP contribution < -0.4 is 15.6 Å². The molecule has 0 unspecified atom stereocenters. The summed E-state index contributed by atoms with van der Waals surface area (Å²) in [7, 11) is -3.22. The van der Waals surface area contributed by atoms with E-state index in [-0.39, 0.29) is 40.4 Å². The van der Waals surface area contributed by atoms with Crippen molar-refractivity contribution in [2.24, 2.45) is 0 Å². The van der Waals surface area contributed by atoms with Crippen LogP contribution in [-0.2, 0) is 20.0 Å². The van der Waals surface area contributed by atoms with E-state index < -0.39 is 27.3 Å². The van der Waals surface area contributed by atoms with Crippen LogP contribution in [0.15, 0.2) is 59.0 Å². The van der Waals surface area contributed by atoms with Gasteiger partial charge in [-0.15, -0.1) is 0 Å². The molecule has 0 bridgehead atoms. The van der Waals surface area contributed by atoms with E-state index in [1.54, 1.807) is 36.4 Å². The molecule has 1 aliphatic heterocycles. The second-order valence-corrected chi connectivity index (χ2v) is 11.9. The molecule has 1 aliphatic rings. The summed E-state index contributed by atoms with van der Waals surface area (Å²) in [6, 6.07) is 13.6. The highest BCUT2D eigenvalue weighted by atomic mass is 32.2. The van der Waals surface area contributed by atoms with Crippen molar-refractivity contribution in [3.8, 4) is 17.7 Å². The molecular formula is C26H26N4O5S. The lowest BCUT2D eigenvalue weighted by Crippen LogP contribution is -2.36. The van der Waals surface area contributed by atoms with Gasteiger partial charge in [-0.25, -0.2) is 8.42 Å². The van der Waals surface area contributed by atoms with Crippen molar-refractivity contribution in [2.75, 3.05) is 11.5 Å². The third-order valence-corrected chi connectivity index (χ3v) is 7.66. The van der Waals surface area contributed by atoms with Crippen LogP contribution in [0.3, 0.4) is 0 Å². The summed E-state index contributed by atoms with van der Waals surface area (Å²) in [5.74, 6) is -0.595. The summed E-state index contributed by atoms with van der Waals surface area (Å²) in [5.41, 5.74) is 0.413. The normalized spacial score (nSPS) is 17.5. The molecule has 2 aromatic heterocycles. The number of nitrogens with one attached hydrogen (secondary N) is 1. The van der Waals surface area contributed by atoms with Gasteiger partial charge in [0.1, 0.15) is 28.6 Å². The zero-order valence-corrected chi connectivity index (χ0v) is 21.0. The average Bonchev–Trinajstić information content (AvgIpc) is 3.16. The van der Waals surface area contributed by atoms with E-state index in [0.29, 0.717) is 11.4 Å². The fraction of sp³-hybridized carbons (Fsp3) is 0.308. The number of pyridine rings is 1. The summed E-state index contributed by atoms with van der Waals surface area (Å²) in [4.78, 5) is 30.5. The van der Waals surface area contributed by atoms with Crippen molar-refractivity contribution in [3.05, 3.63) is 75.7 Å². The van der Waals surface area contributed by atoms with E-state index in [1.165, 1.54) is 10.6 Å². The van der Waals surface area contributed by atoms with Gasteiger partial charge in [-0.2, -0.15) is 10.2 Å². The minimum atomic E-state index is -3.22. The van der Waals surface area contributed by atoms with E-state index in [4.69, 9.17) is 4.74 Å². The number of ether oxygens (including phenoxy) is 1. The van der Waals surface area contributed by atoms with Crippen molar-refractivity contribution in [1.82, 2.24) is 14.7 Å². The molecule has 1 fully saturated rings. The number of amides is 1. The topological polar surface area (TPSA) is 131 Å². The number of carbonyl (C=O) groups is 1. The second kappa shape index (κ2) is 9.59. The quantitative estimate of drug-likeness (QED) is 0.416. The molecule has 1 N–H and O–H groups in total. The predicted octanol–water partition coefficient (Wildman–Crippen LogP) is 2.99. The van der Waals surface area contributed by atoms with Crippen molar-refractivity contribution in [1.29, 1.82) is 5.26 Å². The van der Waals surface area contributed by atoms with Crippen LogP contribution >= 0.6 is 0 Å². The summed E-state index contributed by atoms with van der Waals surface area (Å²) < 4.78 is 30.7. The molecule has 0 saturated carbocycles. The van der Waals surface area contributed by atoms with E-state index in [9.17, 15) is 23.3 Å². The molecule has 4 rings (SSSR count). The van der Waals surface area contributed by atoms with E-state index >= 15 is 0 Å². The first kappa shape index (κ1) is 25.1. The summed E-state index contributed by atoms with van der Waals surface area (Å²) >= 11 is 0. The summed E-state index contributed by atoms with van der Waals surface area (Å²) in [6.07, 6.45) is 2.93. The fourth-order valence-electron chi connectivity index (χ4n) is 3.88. The maximum Gasteiger partial charge on any atom is 0.269 e. The number of hydrogen-bond acceptors (Lipinski definition) is 7. The Bertz CT molecular complexity index is 1560. The first-order chi connectivity index (χ1) is 17.0. The zero-order valence-electron chi connectivity index (χ0n) is 20.2. The number of rotatable bonds is 5. The Morgan fingerprint density at radius 3 is 2.56 bits per heavy atom. The molecule has 3 aromatic rings. The number of nitrogens with zero attached hydrogens (tertiary/aromatic N) is 3. The number of nitriles is 1. The zero-order chi connectivity index (χ0) is 26.1. The van der Waals surface area contributed by atoms with Crippen LogP contribution in [0.4, 0.5) is 0 Å². The molecule has 1 amide bonds. The molecule has 0 radical (unpaired) electrons. The molecule has 0 spiro atoms. The van der Waals surface area contributed by atoms with Gasteiger partial charge in [0.05, 0.1) is 11.5 Å². The Balaban J connectivity index is 1.73. The van der Waals surface area contributed by atoms with Gasteiger partial charge in [0, 0.05) is 12.2 Å². The number of aromatic nitrogens is 2. The highest BCUT2D eigenvalue weighted by molar-refractivity contribution is 7.91. The minimum absolute atomic E-state index is 0.0223. The van der Waals surface area contributed by atoms with Crippen molar-refractivity contribution in [3.63, 3.8) is 0 Å². The molecule has 10 heteroatoms. The van der Waals surface area contributed by atoms with Crippen LogP contribution in [-0.4, -0.2) is 41.3 Å². The van der Waals surface area contributed by atoms with Crippen LogP contribution in [0.1, 0.15) is 38.3 Å². The lowest BCUT2D eigenvalue weighted by Gasteiger charge is -2.19. The van der Waals surface area contributed by atoms with Gasteiger partial charge in [-0.1, -0.05) is 39.0 Å². The first-order valence-electron chi connectivity index (χ1n) is 11.4. The van der Waals surface area contributed by atoms with Gasteiger partial charge in [0.2, 0.25) is 5.88 Å². The van der Waals surface area contributed by atoms with E-state index in [1.807, 2.05) is 12.1 Å². The molecule has 3 heterocycles. The number of benzene rings is 1. The van der Waals surface area contributed by atoms with Crippen molar-refractivity contribution < 1.29 is 17.9 Å². The summed E-state index contributed by atoms with van der Waals surface area (Å²) in [6.45, 7) is 6.27. The summed E-state index contributed by atoms with van der Waals surface area (Å²) in [5, 5.41) is 12.2. The average molecular weight is 507 g/mol. The third-order valence-electron chi connectivity index (χ3n) is 5.89. The van der Waals surface area contributed by atoms with Gasteiger partial charge in [0.15, 0.2) is 9.84 Å². The van der Waals surface area contributed by atoms with Gasteiger partial charge >= 0.3 is 0 Å². The van der Waals surface area contributed by atoms with Crippen LogP contribution in [0.25, 0.3) is 11.7 Å². The SMILES string of the molecule is CC(C)(C)c1ccc(Oc2nc3ccccn3c(=O)c2/C=C(\C#N)C(=O)N[C@H]2CCS(=O)(=O)C2)cc1. The number of fused-ring (bicyclic) bond motifs is 1. The third kappa shape index (κ3) is 5.47. The minimum Gasteiger partial charge on any atom is -0.438 e. The van der Waals surface area contributed by atoms with Crippen molar-refractivity contribution >= 4 is 27.5 Å². The Kier molecular flexibility index (Phi) is 6.69.